The molecule has 0 saturated carbocycles. The van der Waals surface area contributed by atoms with E-state index in [2.05, 4.69) is 10.3 Å². The number of anilines is 1. The molecule has 1 aromatic heterocycles. The van der Waals surface area contributed by atoms with E-state index in [4.69, 9.17) is 4.74 Å². The molecule has 3 aromatic rings. The third-order valence-corrected chi connectivity index (χ3v) is 7.38. The molecule has 0 bridgehead atoms. The van der Waals surface area contributed by atoms with Gasteiger partial charge in [0.15, 0.2) is 0 Å². The van der Waals surface area contributed by atoms with Gasteiger partial charge in [0.05, 0.1) is 23.4 Å². The first kappa shape index (κ1) is 25.2. The van der Waals surface area contributed by atoms with Crippen LogP contribution in [0.1, 0.15) is 18.4 Å². The molecule has 2 heterocycles. The van der Waals surface area contributed by atoms with Crippen LogP contribution in [0.2, 0.25) is 0 Å². The number of hydrogen-bond acceptors (Lipinski definition) is 6. The molecule has 1 aliphatic heterocycles. The van der Waals surface area contributed by atoms with E-state index in [-0.39, 0.29) is 5.69 Å². The number of methoxy groups -OCH3 is 1. The molecule has 2 aromatic carbocycles. The number of hydrogen-bond donors (Lipinski definition) is 1. The van der Waals surface area contributed by atoms with Gasteiger partial charge < -0.3 is 10.1 Å². The van der Waals surface area contributed by atoms with Gasteiger partial charge in [-0.25, -0.2) is 18.1 Å². The van der Waals surface area contributed by atoms with Crippen LogP contribution in [0.5, 0.6) is 5.75 Å². The van der Waals surface area contributed by atoms with Crippen molar-refractivity contribution in [3.8, 4) is 17.0 Å². The number of nitrogens with one attached hydrogen (secondary N) is 1. The highest BCUT2D eigenvalue weighted by atomic mass is 32.2. The summed E-state index contributed by atoms with van der Waals surface area (Å²) >= 11 is 0. The van der Waals surface area contributed by atoms with E-state index in [1.807, 2.05) is 12.1 Å². The Kier molecular flexibility index (Phi) is 6.48. The maximum Gasteiger partial charge on any atom is 0.501 e. The van der Waals surface area contributed by atoms with Crippen LogP contribution in [0.25, 0.3) is 11.3 Å². The van der Waals surface area contributed by atoms with Crippen molar-refractivity contribution in [3.05, 3.63) is 72.4 Å². The Hall–Kier alpha value is -3.93. The lowest BCUT2D eigenvalue weighted by Crippen LogP contribution is -2.35. The van der Waals surface area contributed by atoms with Crippen molar-refractivity contribution in [2.75, 3.05) is 12.0 Å². The van der Waals surface area contributed by atoms with Gasteiger partial charge in [0.25, 0.3) is 15.7 Å². The van der Waals surface area contributed by atoms with Crippen LogP contribution in [-0.2, 0) is 14.6 Å². The molecule has 1 fully saturated rings. The molecule has 1 saturated heterocycles. The minimum atomic E-state index is -5.55. The number of urea groups is 1. The van der Waals surface area contributed by atoms with Gasteiger partial charge in [0.1, 0.15) is 11.8 Å². The lowest BCUT2D eigenvalue weighted by atomic mass is 9.92. The monoisotopic (exact) mass is 519 g/mol. The third kappa shape index (κ3) is 4.51. The van der Waals surface area contributed by atoms with E-state index >= 15 is 0 Å². The summed E-state index contributed by atoms with van der Waals surface area (Å²) in [5.74, 6) is -0.412. The average Bonchev–Trinajstić information content (AvgIpc) is 3.16. The lowest BCUT2D eigenvalue weighted by molar-refractivity contribution is -0.118. The molecule has 0 spiro atoms. The zero-order valence-electron chi connectivity index (χ0n) is 19.0. The number of imide groups is 1. The SMILES string of the molecule is COc1ccc(-c2cc(C(C)C3NC(=O)N(c4ccc(S(=O)(=O)C(F)(F)F)cc4)C3=O)ccn2)cc1. The Bertz CT molecular complexity index is 1410. The third-order valence-electron chi connectivity index (χ3n) is 5.87. The maximum absolute atomic E-state index is 13.1. The van der Waals surface area contributed by atoms with Crippen molar-refractivity contribution in [2.24, 2.45) is 0 Å². The summed E-state index contributed by atoms with van der Waals surface area (Å²) in [6, 6.07) is 12.4. The summed E-state index contributed by atoms with van der Waals surface area (Å²) in [6.07, 6.45) is 1.59. The molecule has 8 nitrogen and oxygen atoms in total. The second kappa shape index (κ2) is 9.26. The number of aromatic nitrogens is 1. The van der Waals surface area contributed by atoms with E-state index in [9.17, 15) is 31.2 Å². The summed E-state index contributed by atoms with van der Waals surface area (Å²) in [4.78, 5) is 29.9. The van der Waals surface area contributed by atoms with Crippen molar-refractivity contribution < 1.29 is 35.9 Å². The molecule has 188 valence electrons. The lowest BCUT2D eigenvalue weighted by Gasteiger charge is -2.19. The quantitative estimate of drug-likeness (QED) is 0.488. The summed E-state index contributed by atoms with van der Waals surface area (Å²) in [5, 5.41) is 2.60. The number of halogens is 3. The Morgan fingerprint density at radius 1 is 1.03 bits per heavy atom. The molecule has 4 rings (SSSR count). The Morgan fingerprint density at radius 2 is 1.67 bits per heavy atom. The molecule has 12 heteroatoms. The number of amides is 3. The van der Waals surface area contributed by atoms with Crippen molar-refractivity contribution in [3.63, 3.8) is 0 Å². The van der Waals surface area contributed by atoms with Crippen LogP contribution in [-0.4, -0.2) is 44.0 Å². The number of carbonyl (C=O) groups excluding carboxylic acids is 2. The largest absolute Gasteiger partial charge is 0.501 e. The van der Waals surface area contributed by atoms with Crippen molar-refractivity contribution in [2.45, 2.75) is 29.3 Å². The van der Waals surface area contributed by atoms with E-state index < -0.39 is 44.1 Å². The first-order valence-electron chi connectivity index (χ1n) is 10.6. The second-order valence-corrected chi connectivity index (χ2v) is 9.98. The van der Waals surface area contributed by atoms with E-state index in [1.165, 1.54) is 0 Å². The first-order valence-corrected chi connectivity index (χ1v) is 12.1. The smallest absolute Gasteiger partial charge is 0.497 e. The van der Waals surface area contributed by atoms with Crippen LogP contribution < -0.4 is 15.0 Å². The zero-order chi connectivity index (χ0) is 26.3. The molecule has 1 aliphatic rings. The number of sulfone groups is 1. The number of alkyl halides is 3. The minimum absolute atomic E-state index is 0.0537. The number of rotatable bonds is 6. The zero-order valence-corrected chi connectivity index (χ0v) is 19.8. The standard InChI is InChI=1S/C24H20F3N3O5S/c1-14(16-11-12-28-20(13-16)15-3-7-18(35-2)8-4-15)21-22(31)30(23(32)29-21)17-5-9-19(10-6-17)36(33,34)24(25,26)27/h3-14,21H,1-2H3,(H,29,32). The highest BCUT2D eigenvalue weighted by molar-refractivity contribution is 7.92. The van der Waals surface area contributed by atoms with Crippen LogP contribution >= 0.6 is 0 Å². The fourth-order valence-electron chi connectivity index (χ4n) is 3.83. The molecule has 2 atom stereocenters. The van der Waals surface area contributed by atoms with Gasteiger partial charge in [0, 0.05) is 17.7 Å². The first-order chi connectivity index (χ1) is 16.9. The molecule has 0 aliphatic carbocycles. The number of ether oxygens (including phenoxy) is 1. The topological polar surface area (TPSA) is 106 Å². The average molecular weight is 520 g/mol. The molecular weight excluding hydrogens is 499 g/mol. The number of pyridine rings is 1. The predicted octanol–water partition coefficient (Wildman–Crippen LogP) is 4.28. The molecule has 36 heavy (non-hydrogen) atoms. The van der Waals surface area contributed by atoms with Gasteiger partial charge in [-0.3, -0.25) is 9.78 Å². The summed E-state index contributed by atoms with van der Waals surface area (Å²) in [7, 11) is -3.99. The molecular formula is C24H20F3N3O5S. The van der Waals surface area contributed by atoms with Gasteiger partial charge in [0.2, 0.25) is 0 Å². The van der Waals surface area contributed by atoms with E-state index in [0.29, 0.717) is 23.6 Å². The molecule has 0 radical (unpaired) electrons. The number of benzene rings is 2. The fraction of sp³-hybridized carbons (Fsp3) is 0.208. The van der Waals surface area contributed by atoms with Gasteiger partial charge in [-0.15, -0.1) is 0 Å². The second-order valence-electron chi connectivity index (χ2n) is 8.04. The van der Waals surface area contributed by atoms with Crippen LogP contribution in [0.3, 0.4) is 0 Å². The summed E-state index contributed by atoms with van der Waals surface area (Å²) < 4.78 is 66.7. The van der Waals surface area contributed by atoms with E-state index in [0.717, 1.165) is 28.2 Å². The number of carbonyl (C=O) groups is 2. The Balaban J connectivity index is 1.56. The molecule has 3 amide bonds. The van der Waals surface area contributed by atoms with Gasteiger partial charge in [-0.2, -0.15) is 13.2 Å². The molecule has 1 N–H and O–H groups in total. The van der Waals surface area contributed by atoms with Crippen molar-refractivity contribution in [1.82, 2.24) is 10.3 Å². The van der Waals surface area contributed by atoms with Crippen molar-refractivity contribution >= 4 is 27.5 Å². The minimum Gasteiger partial charge on any atom is -0.497 e. The van der Waals surface area contributed by atoms with Crippen LogP contribution in [0.4, 0.5) is 23.7 Å². The van der Waals surface area contributed by atoms with Gasteiger partial charge in [-0.05, 0) is 66.2 Å². The number of nitrogens with zero attached hydrogens (tertiary/aromatic N) is 2. The Labute approximate surface area is 204 Å². The fourth-order valence-corrected chi connectivity index (χ4v) is 4.59. The van der Waals surface area contributed by atoms with E-state index in [1.54, 1.807) is 44.5 Å². The normalized spacial score (nSPS) is 17.1. The van der Waals surface area contributed by atoms with Crippen LogP contribution in [0.15, 0.2) is 71.8 Å². The highest BCUT2D eigenvalue weighted by Gasteiger charge is 2.47. The molecule has 2 unspecified atom stereocenters. The Morgan fingerprint density at radius 3 is 2.25 bits per heavy atom. The van der Waals surface area contributed by atoms with Crippen molar-refractivity contribution in [1.29, 1.82) is 0 Å². The van der Waals surface area contributed by atoms with Gasteiger partial charge >= 0.3 is 11.5 Å². The van der Waals surface area contributed by atoms with Gasteiger partial charge in [-0.1, -0.05) is 6.92 Å². The van der Waals surface area contributed by atoms with Crippen LogP contribution in [0, 0.1) is 0 Å². The highest BCUT2D eigenvalue weighted by Crippen LogP contribution is 2.33. The summed E-state index contributed by atoms with van der Waals surface area (Å²) in [5.41, 5.74) is -3.32. The maximum atomic E-state index is 13.1. The predicted molar refractivity (Wildman–Crippen MR) is 124 cm³/mol. The summed E-state index contributed by atoms with van der Waals surface area (Å²) in [6.45, 7) is 1.75.